The molecule has 0 aliphatic carbocycles. The van der Waals surface area contributed by atoms with Crippen molar-refractivity contribution in [3.05, 3.63) is 22.3 Å². The van der Waals surface area contributed by atoms with E-state index in [0.29, 0.717) is 10.0 Å². The first-order chi connectivity index (χ1) is 7.04. The molecule has 0 bridgehead atoms. The highest BCUT2D eigenvalue weighted by Gasteiger charge is 2.10. The van der Waals surface area contributed by atoms with E-state index in [1.54, 1.807) is 19.2 Å². The summed E-state index contributed by atoms with van der Waals surface area (Å²) in [6.45, 7) is 3.74. The van der Waals surface area contributed by atoms with Crippen LogP contribution in [0.1, 0.15) is 30.6 Å². The monoisotopic (exact) mass is 269 g/mol. The van der Waals surface area contributed by atoms with Gasteiger partial charge in [0.05, 0.1) is 5.56 Å². The van der Waals surface area contributed by atoms with Gasteiger partial charge in [-0.25, -0.2) is 9.98 Å². The summed E-state index contributed by atoms with van der Waals surface area (Å²) in [7, 11) is 0. The van der Waals surface area contributed by atoms with Crippen LogP contribution in [0.3, 0.4) is 0 Å². The number of aliphatic imine (C=N–C) groups is 1. The molecule has 1 amide bonds. The largest absolute Gasteiger partial charge is 0.383 e. The van der Waals surface area contributed by atoms with Gasteiger partial charge < -0.3 is 5.73 Å². The standard InChI is InChI=1S/C10H12BrN3O/c1-3-6(2)14-10(15)8-4-7(11)5-13-9(8)12/h4-5H,3H2,1-2H3,(H2,12,13). The summed E-state index contributed by atoms with van der Waals surface area (Å²) >= 11 is 3.23. The van der Waals surface area contributed by atoms with Crippen LogP contribution in [-0.2, 0) is 0 Å². The van der Waals surface area contributed by atoms with E-state index in [4.69, 9.17) is 5.73 Å². The number of aromatic nitrogens is 1. The van der Waals surface area contributed by atoms with Crippen molar-refractivity contribution in [3.8, 4) is 0 Å². The zero-order chi connectivity index (χ0) is 11.4. The first-order valence-corrected chi connectivity index (χ1v) is 5.33. The molecule has 1 heterocycles. The lowest BCUT2D eigenvalue weighted by atomic mass is 10.2. The van der Waals surface area contributed by atoms with E-state index < -0.39 is 0 Å². The fourth-order valence-corrected chi connectivity index (χ4v) is 1.27. The van der Waals surface area contributed by atoms with Crippen LogP contribution in [0.5, 0.6) is 0 Å². The van der Waals surface area contributed by atoms with Gasteiger partial charge in [-0.15, -0.1) is 0 Å². The first kappa shape index (κ1) is 11.8. The molecule has 15 heavy (non-hydrogen) atoms. The summed E-state index contributed by atoms with van der Waals surface area (Å²) in [6, 6.07) is 1.62. The first-order valence-electron chi connectivity index (χ1n) is 4.54. The molecule has 0 atom stereocenters. The minimum Gasteiger partial charge on any atom is -0.383 e. The SMILES string of the molecule is CCC(C)=NC(=O)c1cc(Br)cnc1N. The molecule has 5 heteroatoms. The second-order valence-corrected chi connectivity index (χ2v) is 4.01. The highest BCUT2D eigenvalue weighted by atomic mass is 79.9. The van der Waals surface area contributed by atoms with Crippen LogP contribution in [0.25, 0.3) is 0 Å². The van der Waals surface area contributed by atoms with Gasteiger partial charge in [-0.1, -0.05) is 6.92 Å². The topological polar surface area (TPSA) is 68.3 Å². The zero-order valence-corrected chi connectivity index (χ0v) is 10.2. The van der Waals surface area contributed by atoms with Crippen molar-refractivity contribution in [2.24, 2.45) is 4.99 Å². The normalized spacial score (nSPS) is 11.5. The Bertz CT molecular complexity index is 415. The minimum absolute atomic E-state index is 0.204. The van der Waals surface area contributed by atoms with Gasteiger partial charge in [-0.2, -0.15) is 0 Å². The zero-order valence-electron chi connectivity index (χ0n) is 8.62. The fourth-order valence-electron chi connectivity index (χ4n) is 0.934. The quantitative estimate of drug-likeness (QED) is 0.839. The Kier molecular flexibility index (Phi) is 3.96. The van der Waals surface area contributed by atoms with Crippen LogP contribution in [0, 0.1) is 0 Å². The third-order valence-corrected chi connectivity index (χ3v) is 2.35. The Morgan fingerprint density at radius 1 is 1.67 bits per heavy atom. The Labute approximate surface area is 96.7 Å². The smallest absolute Gasteiger partial charge is 0.280 e. The molecule has 0 aromatic carbocycles. The number of nitrogens with zero attached hydrogens (tertiary/aromatic N) is 2. The number of pyridine rings is 1. The van der Waals surface area contributed by atoms with E-state index in [0.717, 1.165) is 12.1 Å². The molecule has 0 unspecified atom stereocenters. The number of hydrogen-bond acceptors (Lipinski definition) is 3. The molecule has 2 N–H and O–H groups in total. The molecule has 0 aliphatic rings. The number of anilines is 1. The van der Waals surface area contributed by atoms with Gasteiger partial charge in [0.2, 0.25) is 0 Å². The van der Waals surface area contributed by atoms with Crippen LogP contribution in [-0.4, -0.2) is 16.6 Å². The number of hydrogen-bond donors (Lipinski definition) is 1. The lowest BCUT2D eigenvalue weighted by Gasteiger charge is -2.01. The molecule has 0 radical (unpaired) electrons. The summed E-state index contributed by atoms with van der Waals surface area (Å²) in [6.07, 6.45) is 2.29. The number of carbonyl (C=O) groups excluding carboxylic acids is 1. The van der Waals surface area contributed by atoms with Gasteiger partial charge in [0, 0.05) is 16.4 Å². The average Bonchev–Trinajstić information content (AvgIpc) is 2.21. The summed E-state index contributed by atoms with van der Waals surface area (Å²) in [5.74, 6) is -0.142. The summed E-state index contributed by atoms with van der Waals surface area (Å²) < 4.78 is 0.712. The fraction of sp³-hybridized carbons (Fsp3) is 0.300. The maximum atomic E-state index is 11.7. The van der Waals surface area contributed by atoms with E-state index in [1.165, 1.54) is 0 Å². The molecule has 0 aliphatic heterocycles. The van der Waals surface area contributed by atoms with Crippen molar-refractivity contribution in [3.63, 3.8) is 0 Å². The van der Waals surface area contributed by atoms with Gasteiger partial charge >= 0.3 is 0 Å². The van der Waals surface area contributed by atoms with Crippen LogP contribution < -0.4 is 5.73 Å². The molecule has 0 saturated carbocycles. The van der Waals surface area contributed by atoms with Crippen molar-refractivity contribution in [2.45, 2.75) is 20.3 Å². The minimum atomic E-state index is -0.347. The molecule has 1 aromatic heterocycles. The Morgan fingerprint density at radius 3 is 2.93 bits per heavy atom. The van der Waals surface area contributed by atoms with Crippen molar-refractivity contribution in [1.29, 1.82) is 0 Å². The number of carbonyl (C=O) groups is 1. The van der Waals surface area contributed by atoms with Gasteiger partial charge in [-0.05, 0) is 35.3 Å². The summed E-state index contributed by atoms with van der Waals surface area (Å²) in [5.41, 5.74) is 6.69. The second kappa shape index (κ2) is 5.02. The van der Waals surface area contributed by atoms with Crippen LogP contribution >= 0.6 is 15.9 Å². The predicted molar refractivity (Wildman–Crippen MR) is 64.1 cm³/mol. The maximum absolute atomic E-state index is 11.7. The Hall–Kier alpha value is -1.23. The van der Waals surface area contributed by atoms with E-state index in [9.17, 15) is 4.79 Å². The third kappa shape index (κ3) is 3.13. The highest BCUT2D eigenvalue weighted by molar-refractivity contribution is 9.10. The number of nitrogens with two attached hydrogens (primary N) is 1. The lowest BCUT2D eigenvalue weighted by molar-refractivity contribution is 0.100. The molecule has 1 rings (SSSR count). The van der Waals surface area contributed by atoms with Crippen molar-refractivity contribution in [2.75, 3.05) is 5.73 Å². The van der Waals surface area contributed by atoms with E-state index in [-0.39, 0.29) is 11.7 Å². The molecule has 4 nitrogen and oxygen atoms in total. The molecular weight excluding hydrogens is 258 g/mol. The molecule has 80 valence electrons. The van der Waals surface area contributed by atoms with Crippen LogP contribution in [0.4, 0.5) is 5.82 Å². The van der Waals surface area contributed by atoms with Crippen LogP contribution in [0.2, 0.25) is 0 Å². The third-order valence-electron chi connectivity index (χ3n) is 1.92. The van der Waals surface area contributed by atoms with Gasteiger partial charge in [0.15, 0.2) is 0 Å². The number of halogens is 1. The highest BCUT2D eigenvalue weighted by Crippen LogP contribution is 2.16. The molecular formula is C10H12BrN3O. The predicted octanol–water partition coefficient (Wildman–Crippen LogP) is 2.44. The van der Waals surface area contributed by atoms with Gasteiger partial charge in [0.25, 0.3) is 5.91 Å². The van der Waals surface area contributed by atoms with Crippen LogP contribution in [0.15, 0.2) is 21.7 Å². The number of amides is 1. The number of rotatable bonds is 2. The Balaban J connectivity index is 3.06. The summed E-state index contributed by atoms with van der Waals surface area (Å²) in [4.78, 5) is 19.4. The molecule has 0 saturated heterocycles. The maximum Gasteiger partial charge on any atom is 0.280 e. The van der Waals surface area contributed by atoms with E-state index in [1.807, 2.05) is 6.92 Å². The lowest BCUT2D eigenvalue weighted by Crippen LogP contribution is -2.05. The molecule has 0 fully saturated rings. The van der Waals surface area contributed by atoms with Gasteiger partial charge in [-0.3, -0.25) is 4.79 Å². The van der Waals surface area contributed by atoms with Crippen molar-refractivity contribution >= 4 is 33.4 Å². The van der Waals surface area contributed by atoms with E-state index >= 15 is 0 Å². The molecule has 1 aromatic rings. The second-order valence-electron chi connectivity index (χ2n) is 3.09. The van der Waals surface area contributed by atoms with Crippen molar-refractivity contribution < 1.29 is 4.79 Å². The van der Waals surface area contributed by atoms with Gasteiger partial charge in [0.1, 0.15) is 5.82 Å². The average molecular weight is 270 g/mol. The molecule has 0 spiro atoms. The summed E-state index contributed by atoms with van der Waals surface area (Å²) in [5, 5.41) is 0. The Morgan fingerprint density at radius 2 is 2.33 bits per heavy atom. The number of nitrogen functional groups attached to an aromatic ring is 1. The van der Waals surface area contributed by atoms with Crippen molar-refractivity contribution in [1.82, 2.24) is 4.98 Å². The van der Waals surface area contributed by atoms with E-state index in [2.05, 4.69) is 25.9 Å².